The molecule has 0 amide bonds. The third kappa shape index (κ3) is 3.89. The standard InChI is InChI=1S/C16H12N2O2S.HI/c19-16(20)13-7-4-8-18(9-13)10-14-11-21-15(17-14)12-5-2-1-3-6-12;/h1-9,11H,10H2;1H. The molecule has 6 heteroatoms. The lowest BCUT2D eigenvalue weighted by atomic mass is 10.2. The molecule has 0 saturated carbocycles. The molecule has 0 aliphatic rings. The van der Waals surface area contributed by atoms with E-state index in [4.69, 9.17) is 5.11 Å². The molecule has 4 nitrogen and oxygen atoms in total. The number of pyridine rings is 1. The third-order valence-electron chi connectivity index (χ3n) is 3.02. The van der Waals surface area contributed by atoms with Gasteiger partial charge in [-0.2, -0.15) is 4.57 Å². The summed E-state index contributed by atoms with van der Waals surface area (Å²) in [4.78, 5) is 15.6. The first-order chi connectivity index (χ1) is 10.2. The topological polar surface area (TPSA) is 54.1 Å². The Balaban J connectivity index is 0.00000176. The van der Waals surface area contributed by atoms with Gasteiger partial charge in [0.2, 0.25) is 0 Å². The highest BCUT2D eigenvalue weighted by atomic mass is 127. The molecule has 2 aromatic heterocycles. The molecule has 1 N–H and O–H groups in total. The zero-order chi connectivity index (χ0) is 14.7. The van der Waals surface area contributed by atoms with Crippen LogP contribution < -0.4 is 28.5 Å². The molecule has 0 aliphatic heterocycles. The molecule has 1 aromatic carbocycles. The average Bonchev–Trinajstić information content (AvgIpc) is 2.97. The van der Waals surface area contributed by atoms with E-state index in [1.165, 1.54) is 0 Å². The van der Waals surface area contributed by atoms with Gasteiger partial charge in [0.15, 0.2) is 18.9 Å². The smallest absolute Gasteiger partial charge is 0.341 e. The molecule has 0 fully saturated rings. The quantitative estimate of drug-likeness (QED) is 0.468. The second-order valence-electron chi connectivity index (χ2n) is 4.58. The lowest BCUT2D eigenvalue weighted by Gasteiger charge is -1.96. The highest BCUT2D eigenvalue weighted by Crippen LogP contribution is 2.23. The van der Waals surface area contributed by atoms with E-state index in [0.29, 0.717) is 6.54 Å². The van der Waals surface area contributed by atoms with Crippen LogP contribution >= 0.6 is 11.3 Å². The number of benzene rings is 1. The maximum Gasteiger partial charge on any atom is 0.341 e. The van der Waals surface area contributed by atoms with Crippen LogP contribution in [0.2, 0.25) is 0 Å². The van der Waals surface area contributed by atoms with Crippen molar-refractivity contribution in [3.63, 3.8) is 0 Å². The van der Waals surface area contributed by atoms with E-state index in [1.807, 2.05) is 46.5 Å². The Kier molecular flexibility index (Phi) is 5.62. The summed E-state index contributed by atoms with van der Waals surface area (Å²) in [6, 6.07) is 13.3. The molecule has 112 valence electrons. The van der Waals surface area contributed by atoms with Gasteiger partial charge in [0.05, 0.1) is 0 Å². The zero-order valence-corrected chi connectivity index (χ0v) is 14.5. The minimum absolute atomic E-state index is 0. The van der Waals surface area contributed by atoms with Crippen molar-refractivity contribution in [2.45, 2.75) is 6.54 Å². The molecule has 0 bridgehead atoms. The second kappa shape index (κ2) is 7.46. The molecule has 0 atom stereocenters. The number of hydrogen-bond acceptors (Lipinski definition) is 3. The zero-order valence-electron chi connectivity index (χ0n) is 11.5. The van der Waals surface area contributed by atoms with Crippen molar-refractivity contribution in [3.8, 4) is 10.6 Å². The van der Waals surface area contributed by atoms with Crippen LogP contribution in [0.15, 0.2) is 60.2 Å². The Labute approximate surface area is 149 Å². The fraction of sp³-hybridized carbons (Fsp3) is 0.0625. The molecule has 0 unspecified atom stereocenters. The van der Waals surface area contributed by atoms with E-state index < -0.39 is 5.97 Å². The first kappa shape index (κ1) is 16.6. The Morgan fingerprint density at radius 3 is 2.68 bits per heavy atom. The number of aromatic nitrogens is 2. The van der Waals surface area contributed by atoms with Crippen LogP contribution in [0.4, 0.5) is 0 Å². The molecule has 0 radical (unpaired) electrons. The number of rotatable bonds is 4. The van der Waals surface area contributed by atoms with Gasteiger partial charge in [0, 0.05) is 17.0 Å². The minimum atomic E-state index is -0.924. The maximum atomic E-state index is 11.0. The van der Waals surface area contributed by atoms with Crippen molar-refractivity contribution in [2.75, 3.05) is 0 Å². The third-order valence-corrected chi connectivity index (χ3v) is 3.96. The highest BCUT2D eigenvalue weighted by molar-refractivity contribution is 7.13. The van der Waals surface area contributed by atoms with Crippen molar-refractivity contribution in [1.82, 2.24) is 4.98 Å². The first-order valence-corrected chi connectivity index (χ1v) is 7.32. The predicted octanol–water partition coefficient (Wildman–Crippen LogP) is -0.152. The lowest BCUT2D eigenvalue weighted by molar-refractivity contribution is -0.688. The molecule has 3 aromatic rings. The summed E-state index contributed by atoms with van der Waals surface area (Å²) < 4.78 is 1.83. The molecule has 0 aliphatic carbocycles. The van der Waals surface area contributed by atoms with Gasteiger partial charge in [-0.25, -0.2) is 9.78 Å². The summed E-state index contributed by atoms with van der Waals surface area (Å²) in [5.74, 6) is -0.924. The monoisotopic (exact) mass is 424 g/mol. The fourth-order valence-electron chi connectivity index (χ4n) is 2.03. The summed E-state index contributed by atoms with van der Waals surface area (Å²) >= 11 is 1.59. The number of aromatic carboxylic acids is 1. The molecule has 0 spiro atoms. The van der Waals surface area contributed by atoms with Crippen molar-refractivity contribution in [1.29, 1.82) is 0 Å². The van der Waals surface area contributed by atoms with Crippen molar-refractivity contribution in [3.05, 3.63) is 71.5 Å². The summed E-state index contributed by atoms with van der Waals surface area (Å²) in [6.07, 6.45) is 3.46. The normalized spacial score (nSPS) is 10.0. The maximum absolute atomic E-state index is 11.0. The van der Waals surface area contributed by atoms with Crippen LogP contribution in [-0.2, 0) is 6.54 Å². The van der Waals surface area contributed by atoms with Crippen LogP contribution in [0.1, 0.15) is 16.1 Å². The average molecular weight is 424 g/mol. The van der Waals surface area contributed by atoms with Gasteiger partial charge in [0.25, 0.3) is 0 Å². The van der Waals surface area contributed by atoms with Crippen LogP contribution in [0.3, 0.4) is 0 Å². The SMILES string of the molecule is O=C(O)c1ccc[n+](Cc2csc(-c3ccccc3)n2)c1.[I-]. The fourth-order valence-corrected chi connectivity index (χ4v) is 2.84. The second-order valence-corrected chi connectivity index (χ2v) is 5.44. The van der Waals surface area contributed by atoms with Gasteiger partial charge in [-0.3, -0.25) is 0 Å². The molecular formula is C16H13IN2O2S. The van der Waals surface area contributed by atoms with Crippen LogP contribution in [0.5, 0.6) is 0 Å². The minimum Gasteiger partial charge on any atom is -1.00 e. The number of halogens is 1. The van der Waals surface area contributed by atoms with E-state index in [-0.39, 0.29) is 29.5 Å². The summed E-state index contributed by atoms with van der Waals surface area (Å²) in [7, 11) is 0. The molecule has 3 rings (SSSR count). The molecule has 0 saturated heterocycles. The number of carbonyl (C=O) groups is 1. The van der Waals surface area contributed by atoms with E-state index in [1.54, 1.807) is 29.7 Å². The Hall–Kier alpha value is -1.80. The van der Waals surface area contributed by atoms with Gasteiger partial charge >= 0.3 is 5.97 Å². The lowest BCUT2D eigenvalue weighted by Crippen LogP contribution is -3.00. The summed E-state index contributed by atoms with van der Waals surface area (Å²) in [6.45, 7) is 0.560. The molecule has 2 heterocycles. The van der Waals surface area contributed by atoms with E-state index in [0.717, 1.165) is 16.3 Å². The van der Waals surface area contributed by atoms with Gasteiger partial charge in [-0.05, 0) is 6.07 Å². The van der Waals surface area contributed by atoms with Gasteiger partial charge < -0.3 is 29.1 Å². The van der Waals surface area contributed by atoms with Gasteiger partial charge in [-0.15, -0.1) is 11.3 Å². The van der Waals surface area contributed by atoms with Crippen molar-refractivity contribution in [2.24, 2.45) is 0 Å². The van der Waals surface area contributed by atoms with Crippen LogP contribution in [-0.4, -0.2) is 16.1 Å². The van der Waals surface area contributed by atoms with Crippen LogP contribution in [0, 0.1) is 0 Å². The number of thiazole rings is 1. The largest absolute Gasteiger partial charge is 1.00 e. The number of nitrogens with zero attached hydrogens (tertiary/aromatic N) is 2. The Bertz CT molecular complexity index is 775. The Morgan fingerprint density at radius 1 is 1.18 bits per heavy atom. The molecule has 22 heavy (non-hydrogen) atoms. The summed E-state index contributed by atoms with van der Waals surface area (Å²) in [5.41, 5.74) is 2.29. The Morgan fingerprint density at radius 2 is 1.95 bits per heavy atom. The van der Waals surface area contributed by atoms with Crippen molar-refractivity contribution >= 4 is 17.3 Å². The van der Waals surface area contributed by atoms with Gasteiger partial charge in [0.1, 0.15) is 16.3 Å². The number of carboxylic acids is 1. The number of carboxylic acid groups (broad SMARTS) is 1. The van der Waals surface area contributed by atoms with E-state index in [9.17, 15) is 4.79 Å². The van der Waals surface area contributed by atoms with Crippen molar-refractivity contribution < 1.29 is 38.4 Å². The number of hydrogen-bond donors (Lipinski definition) is 1. The summed E-state index contributed by atoms with van der Waals surface area (Å²) in [5, 5.41) is 12.0. The highest BCUT2D eigenvalue weighted by Gasteiger charge is 2.12. The van der Waals surface area contributed by atoms with Gasteiger partial charge in [-0.1, -0.05) is 30.3 Å². The first-order valence-electron chi connectivity index (χ1n) is 6.44. The predicted molar refractivity (Wildman–Crippen MR) is 80.2 cm³/mol. The molecular weight excluding hydrogens is 411 g/mol. The van der Waals surface area contributed by atoms with Crippen LogP contribution in [0.25, 0.3) is 10.6 Å². The van der Waals surface area contributed by atoms with E-state index in [2.05, 4.69) is 4.98 Å². The van der Waals surface area contributed by atoms with E-state index >= 15 is 0 Å².